The third kappa shape index (κ3) is 3.96. The molecular weight excluding hydrogens is 214 g/mol. The molecule has 17 heavy (non-hydrogen) atoms. The second kappa shape index (κ2) is 5.36. The predicted molar refractivity (Wildman–Crippen MR) is 70.7 cm³/mol. The topological polar surface area (TPSA) is 35.6 Å². The van der Waals surface area contributed by atoms with Crippen LogP contribution in [-0.4, -0.2) is 55.6 Å². The van der Waals surface area contributed by atoms with Gasteiger partial charge in [-0.15, -0.1) is 0 Å². The van der Waals surface area contributed by atoms with Gasteiger partial charge in [0.25, 0.3) is 0 Å². The zero-order chi connectivity index (χ0) is 13.2. The van der Waals surface area contributed by atoms with Crippen LogP contribution in [0.2, 0.25) is 0 Å². The summed E-state index contributed by atoms with van der Waals surface area (Å²) in [5.74, 6) is 0.622. The molecule has 0 saturated carbocycles. The van der Waals surface area contributed by atoms with Crippen molar-refractivity contribution in [3.8, 4) is 0 Å². The molecule has 1 aliphatic rings. The van der Waals surface area contributed by atoms with Crippen molar-refractivity contribution in [3.05, 3.63) is 0 Å². The highest BCUT2D eigenvalue weighted by Crippen LogP contribution is 2.21. The van der Waals surface area contributed by atoms with E-state index in [9.17, 15) is 4.79 Å². The summed E-state index contributed by atoms with van der Waals surface area (Å²) in [5, 5.41) is 3.29. The molecule has 1 saturated heterocycles. The van der Waals surface area contributed by atoms with Crippen molar-refractivity contribution in [2.24, 2.45) is 11.3 Å². The van der Waals surface area contributed by atoms with Gasteiger partial charge in [0.15, 0.2) is 0 Å². The second-order valence-electron chi connectivity index (χ2n) is 6.52. The van der Waals surface area contributed by atoms with Crippen molar-refractivity contribution < 1.29 is 4.79 Å². The highest BCUT2D eigenvalue weighted by molar-refractivity contribution is 5.84. The summed E-state index contributed by atoms with van der Waals surface area (Å²) in [4.78, 5) is 16.3. The molecule has 1 rings (SSSR count). The predicted octanol–water partition coefficient (Wildman–Crippen LogP) is 0.988. The Morgan fingerprint density at radius 3 is 2.47 bits per heavy atom. The van der Waals surface area contributed by atoms with Crippen LogP contribution in [0.15, 0.2) is 0 Å². The number of nitrogens with zero attached hydrogens (tertiary/aromatic N) is 2. The first-order valence-electron chi connectivity index (χ1n) is 6.40. The largest absolute Gasteiger partial charge is 0.328 e. The smallest absolute Gasteiger partial charge is 0.241 e. The van der Waals surface area contributed by atoms with Crippen molar-refractivity contribution >= 4 is 5.91 Å². The maximum atomic E-state index is 12.2. The number of carbonyl (C=O) groups excluding carboxylic acids is 1. The lowest BCUT2D eigenvalue weighted by Gasteiger charge is -2.32. The maximum absolute atomic E-state index is 12.2. The molecule has 1 fully saturated rings. The van der Waals surface area contributed by atoms with E-state index in [4.69, 9.17) is 0 Å². The first-order valence-corrected chi connectivity index (χ1v) is 6.40. The van der Waals surface area contributed by atoms with Gasteiger partial charge in [0.05, 0.1) is 12.7 Å². The van der Waals surface area contributed by atoms with Crippen molar-refractivity contribution in [2.75, 3.05) is 33.9 Å². The van der Waals surface area contributed by atoms with Crippen LogP contribution < -0.4 is 5.32 Å². The molecule has 0 spiro atoms. The summed E-state index contributed by atoms with van der Waals surface area (Å²) in [7, 11) is 4.14. The highest BCUT2D eigenvalue weighted by atomic mass is 16.2. The quantitative estimate of drug-likeness (QED) is 0.779. The molecule has 1 amide bonds. The van der Waals surface area contributed by atoms with Crippen molar-refractivity contribution in [2.45, 2.75) is 33.7 Å². The number of hydrogen-bond donors (Lipinski definition) is 1. The van der Waals surface area contributed by atoms with Gasteiger partial charge >= 0.3 is 0 Å². The van der Waals surface area contributed by atoms with E-state index in [1.807, 2.05) is 4.90 Å². The molecule has 1 aliphatic heterocycles. The third-order valence-electron chi connectivity index (χ3n) is 3.11. The standard InChI is InChI=1S/C13H27N3O/c1-10(2)11-12(17)16(9-14-11)8-13(3,4)7-15(5)6/h10-11,14H,7-9H2,1-6H3. The fourth-order valence-electron chi connectivity index (χ4n) is 2.65. The van der Waals surface area contributed by atoms with Crippen LogP contribution >= 0.6 is 0 Å². The van der Waals surface area contributed by atoms with Gasteiger partial charge in [0.2, 0.25) is 5.91 Å². The van der Waals surface area contributed by atoms with Crippen LogP contribution in [0.1, 0.15) is 27.7 Å². The Morgan fingerprint density at radius 1 is 1.47 bits per heavy atom. The third-order valence-corrected chi connectivity index (χ3v) is 3.11. The van der Waals surface area contributed by atoms with Gasteiger partial charge in [-0.05, 0) is 25.4 Å². The average Bonchev–Trinajstić information content (AvgIpc) is 2.44. The van der Waals surface area contributed by atoms with Crippen molar-refractivity contribution in [3.63, 3.8) is 0 Å². The van der Waals surface area contributed by atoms with Crippen molar-refractivity contribution in [1.29, 1.82) is 0 Å². The Balaban J connectivity index is 2.56. The minimum absolute atomic E-state index is 0.00477. The summed E-state index contributed by atoms with van der Waals surface area (Å²) in [6.07, 6.45) is 0. The fourth-order valence-corrected chi connectivity index (χ4v) is 2.65. The zero-order valence-electron chi connectivity index (χ0n) is 12.1. The first kappa shape index (κ1) is 14.5. The van der Waals surface area contributed by atoms with E-state index in [0.717, 1.165) is 13.1 Å². The number of amides is 1. The fraction of sp³-hybridized carbons (Fsp3) is 0.923. The molecule has 100 valence electrons. The minimum atomic E-state index is 0.00477. The SMILES string of the molecule is CC(C)C1NCN(CC(C)(C)CN(C)C)C1=O. The number of carbonyl (C=O) groups is 1. The lowest BCUT2D eigenvalue weighted by atomic mass is 9.92. The molecule has 4 nitrogen and oxygen atoms in total. The van der Waals surface area contributed by atoms with E-state index in [1.165, 1.54) is 0 Å². The van der Waals surface area contributed by atoms with E-state index in [2.05, 4.69) is 52.0 Å². The second-order valence-corrected chi connectivity index (χ2v) is 6.52. The highest BCUT2D eigenvalue weighted by Gasteiger charge is 2.35. The van der Waals surface area contributed by atoms with Crippen LogP contribution in [0.25, 0.3) is 0 Å². The first-order chi connectivity index (χ1) is 7.73. The van der Waals surface area contributed by atoms with Crippen LogP contribution in [-0.2, 0) is 4.79 Å². The lowest BCUT2D eigenvalue weighted by Crippen LogP contribution is -2.42. The van der Waals surface area contributed by atoms with E-state index < -0.39 is 0 Å². The molecule has 0 aliphatic carbocycles. The molecule has 0 bridgehead atoms. The Morgan fingerprint density at radius 2 is 2.06 bits per heavy atom. The molecule has 4 heteroatoms. The van der Waals surface area contributed by atoms with E-state index in [1.54, 1.807) is 0 Å². The molecule has 1 N–H and O–H groups in total. The summed E-state index contributed by atoms with van der Waals surface area (Å²) in [6, 6.07) is 0.00477. The molecule has 0 aromatic rings. The van der Waals surface area contributed by atoms with Gasteiger partial charge in [-0.1, -0.05) is 27.7 Å². The van der Waals surface area contributed by atoms with Gasteiger partial charge in [0.1, 0.15) is 0 Å². The van der Waals surface area contributed by atoms with E-state index in [0.29, 0.717) is 12.6 Å². The Labute approximate surface area is 105 Å². The van der Waals surface area contributed by atoms with Gasteiger partial charge < -0.3 is 9.80 Å². The maximum Gasteiger partial charge on any atom is 0.241 e. The minimum Gasteiger partial charge on any atom is -0.328 e. The molecule has 1 unspecified atom stereocenters. The van der Waals surface area contributed by atoms with E-state index >= 15 is 0 Å². The summed E-state index contributed by atoms with van der Waals surface area (Å²) in [6.45, 7) is 11.1. The molecule has 0 aromatic carbocycles. The molecule has 0 aromatic heterocycles. The monoisotopic (exact) mass is 241 g/mol. The Kier molecular flexibility index (Phi) is 4.55. The molecular formula is C13H27N3O. The van der Waals surface area contributed by atoms with E-state index in [-0.39, 0.29) is 17.4 Å². The van der Waals surface area contributed by atoms with Crippen LogP contribution in [0.4, 0.5) is 0 Å². The summed E-state index contributed by atoms with van der Waals surface area (Å²) < 4.78 is 0. The van der Waals surface area contributed by atoms with Crippen LogP contribution in [0, 0.1) is 11.3 Å². The number of rotatable bonds is 5. The molecule has 0 radical (unpaired) electrons. The Hall–Kier alpha value is -0.610. The van der Waals surface area contributed by atoms with Gasteiger partial charge in [0, 0.05) is 13.1 Å². The number of hydrogen-bond acceptors (Lipinski definition) is 3. The Bertz CT molecular complexity index is 274. The van der Waals surface area contributed by atoms with Gasteiger partial charge in [-0.25, -0.2) is 0 Å². The average molecular weight is 241 g/mol. The van der Waals surface area contributed by atoms with Crippen molar-refractivity contribution in [1.82, 2.24) is 15.1 Å². The normalized spacial score (nSPS) is 22.0. The zero-order valence-corrected chi connectivity index (χ0v) is 12.1. The summed E-state index contributed by atoms with van der Waals surface area (Å²) >= 11 is 0. The summed E-state index contributed by atoms with van der Waals surface area (Å²) in [5.41, 5.74) is 0.132. The molecule has 1 heterocycles. The van der Waals surface area contributed by atoms with Gasteiger partial charge in [-0.2, -0.15) is 0 Å². The number of nitrogens with one attached hydrogen (secondary N) is 1. The van der Waals surface area contributed by atoms with Gasteiger partial charge in [-0.3, -0.25) is 10.1 Å². The molecule has 1 atom stereocenters. The lowest BCUT2D eigenvalue weighted by molar-refractivity contribution is -0.130. The van der Waals surface area contributed by atoms with Crippen LogP contribution in [0.5, 0.6) is 0 Å². The van der Waals surface area contributed by atoms with Crippen LogP contribution in [0.3, 0.4) is 0 Å².